The van der Waals surface area contributed by atoms with Gasteiger partial charge in [0.15, 0.2) is 8.32 Å². The van der Waals surface area contributed by atoms with E-state index in [1.807, 2.05) is 6.08 Å². The summed E-state index contributed by atoms with van der Waals surface area (Å²) in [6.45, 7) is 16.0. The summed E-state index contributed by atoms with van der Waals surface area (Å²) < 4.78 is 6.96. The van der Waals surface area contributed by atoms with Crippen LogP contribution in [0.3, 0.4) is 0 Å². The lowest BCUT2D eigenvalue weighted by Crippen LogP contribution is -2.48. The predicted octanol–water partition coefficient (Wildman–Crippen LogP) is 7.61. The zero-order valence-electron chi connectivity index (χ0n) is 21.6. The number of ketones is 1. The number of hydrogen-bond donors (Lipinski definition) is 1. The summed E-state index contributed by atoms with van der Waals surface area (Å²) in [5, 5.41) is 8.85. The first kappa shape index (κ1) is 28.6. The van der Waals surface area contributed by atoms with Gasteiger partial charge in [-0.1, -0.05) is 58.6 Å². The molecule has 1 N–H and O–H groups in total. The van der Waals surface area contributed by atoms with E-state index in [9.17, 15) is 9.59 Å². The van der Waals surface area contributed by atoms with Crippen molar-refractivity contribution in [2.24, 2.45) is 5.92 Å². The molecule has 0 radical (unpaired) electrons. The number of unbranched alkanes of at least 4 members (excludes halogenated alkanes) is 2. The summed E-state index contributed by atoms with van der Waals surface area (Å²) in [6.07, 6.45) is 14.1. The molecule has 5 heteroatoms. The lowest BCUT2D eigenvalue weighted by Gasteiger charge is -2.45. The second kappa shape index (κ2) is 12.7. The third-order valence-electron chi connectivity index (χ3n) is 7.07. The van der Waals surface area contributed by atoms with Crippen LogP contribution in [0.4, 0.5) is 0 Å². The Bertz CT molecular complexity index is 722. The molecule has 0 heterocycles. The molecule has 182 valence electrons. The number of carboxylic acid groups (broad SMARTS) is 1. The Morgan fingerprint density at radius 2 is 1.91 bits per heavy atom. The molecule has 0 saturated heterocycles. The van der Waals surface area contributed by atoms with E-state index in [0.29, 0.717) is 12.2 Å². The lowest BCUT2D eigenvalue weighted by atomic mass is 9.86. The SMILES string of the molecule is CCCCCC(C)(CCC1=CCC(=O)[C@@H]1CCC=C=CCC(=O)O)O[Si](C)(C)C(C)(C)C. The average Bonchev–Trinajstić information content (AvgIpc) is 3.01. The van der Waals surface area contributed by atoms with Gasteiger partial charge in [0.1, 0.15) is 5.78 Å². The van der Waals surface area contributed by atoms with Gasteiger partial charge < -0.3 is 9.53 Å². The van der Waals surface area contributed by atoms with E-state index in [1.165, 1.54) is 30.9 Å². The minimum Gasteiger partial charge on any atom is -0.481 e. The van der Waals surface area contributed by atoms with Crippen LogP contribution < -0.4 is 0 Å². The Labute approximate surface area is 197 Å². The number of rotatable bonds is 14. The minimum atomic E-state index is -1.89. The van der Waals surface area contributed by atoms with Gasteiger partial charge >= 0.3 is 5.97 Å². The van der Waals surface area contributed by atoms with Gasteiger partial charge in [-0.25, -0.2) is 0 Å². The molecule has 0 amide bonds. The second-order valence-corrected chi connectivity index (χ2v) is 15.7. The Morgan fingerprint density at radius 1 is 1.22 bits per heavy atom. The Hall–Kier alpha value is -1.42. The number of carboxylic acids is 1. The Balaban J connectivity index is 2.80. The topological polar surface area (TPSA) is 63.6 Å². The third kappa shape index (κ3) is 9.60. The van der Waals surface area contributed by atoms with Crippen molar-refractivity contribution in [3.63, 3.8) is 0 Å². The summed E-state index contributed by atoms with van der Waals surface area (Å²) in [4.78, 5) is 23.1. The predicted molar refractivity (Wildman–Crippen MR) is 135 cm³/mol. The highest BCUT2D eigenvalue weighted by Crippen LogP contribution is 2.42. The monoisotopic (exact) mass is 462 g/mol. The number of carbonyl (C=O) groups excluding carboxylic acids is 1. The summed E-state index contributed by atoms with van der Waals surface area (Å²) in [5.41, 5.74) is 4.02. The maximum Gasteiger partial charge on any atom is 0.307 e. The van der Waals surface area contributed by atoms with Crippen molar-refractivity contribution in [2.45, 2.75) is 123 Å². The molecule has 0 aromatic rings. The molecule has 32 heavy (non-hydrogen) atoms. The van der Waals surface area contributed by atoms with Crippen LogP contribution in [0.25, 0.3) is 0 Å². The van der Waals surface area contributed by atoms with Crippen LogP contribution in [0, 0.1) is 5.92 Å². The van der Waals surface area contributed by atoms with Gasteiger partial charge in [0.2, 0.25) is 0 Å². The highest BCUT2D eigenvalue weighted by molar-refractivity contribution is 6.74. The highest BCUT2D eigenvalue weighted by atomic mass is 28.4. The van der Waals surface area contributed by atoms with Crippen LogP contribution in [0.15, 0.2) is 29.5 Å². The first-order valence-corrected chi connectivity index (χ1v) is 15.2. The van der Waals surface area contributed by atoms with Crippen molar-refractivity contribution >= 4 is 20.1 Å². The first-order valence-electron chi connectivity index (χ1n) is 12.3. The maximum absolute atomic E-state index is 12.5. The van der Waals surface area contributed by atoms with Crippen LogP contribution in [0.5, 0.6) is 0 Å². The second-order valence-electron chi connectivity index (χ2n) is 11.0. The molecule has 0 spiro atoms. The molecule has 1 aliphatic carbocycles. The van der Waals surface area contributed by atoms with Gasteiger partial charge in [0, 0.05) is 12.3 Å². The third-order valence-corrected chi connectivity index (χ3v) is 11.7. The average molecular weight is 463 g/mol. The minimum absolute atomic E-state index is 0.0136. The molecule has 4 nitrogen and oxygen atoms in total. The van der Waals surface area contributed by atoms with E-state index in [1.54, 1.807) is 0 Å². The molecule has 1 aliphatic rings. The lowest BCUT2D eigenvalue weighted by molar-refractivity contribution is -0.136. The fourth-order valence-corrected chi connectivity index (χ4v) is 5.80. The van der Waals surface area contributed by atoms with Gasteiger partial charge in [-0.2, -0.15) is 0 Å². The van der Waals surface area contributed by atoms with Gasteiger partial charge in [-0.05, 0) is 69.3 Å². The number of aliphatic carboxylic acids is 1. The molecule has 0 fully saturated rings. The van der Waals surface area contributed by atoms with Crippen LogP contribution in [-0.4, -0.2) is 30.8 Å². The normalized spacial score (nSPS) is 18.7. The molecular weight excluding hydrogens is 416 g/mol. The fraction of sp³-hybridized carbons (Fsp3) is 0.741. The van der Waals surface area contributed by atoms with E-state index in [0.717, 1.165) is 32.1 Å². The van der Waals surface area contributed by atoms with Crippen LogP contribution in [0.1, 0.15) is 98.8 Å². The van der Waals surface area contributed by atoms with Crippen LogP contribution in [0.2, 0.25) is 18.1 Å². The van der Waals surface area contributed by atoms with E-state index in [4.69, 9.17) is 9.53 Å². The maximum atomic E-state index is 12.5. The number of Topliss-reactive ketones (excluding diaryl/α,β-unsaturated/α-hetero) is 1. The summed E-state index contributed by atoms with van der Waals surface area (Å²) >= 11 is 0. The van der Waals surface area contributed by atoms with Gasteiger partial charge in [-0.15, -0.1) is 5.73 Å². The largest absolute Gasteiger partial charge is 0.481 e. The summed E-state index contributed by atoms with van der Waals surface area (Å²) in [6, 6.07) is 0. The van der Waals surface area contributed by atoms with Gasteiger partial charge in [-0.3, -0.25) is 9.59 Å². The van der Waals surface area contributed by atoms with Crippen LogP contribution in [-0.2, 0) is 14.0 Å². The molecule has 1 unspecified atom stereocenters. The fourth-order valence-electron chi connectivity index (χ4n) is 4.06. The number of hydrogen-bond acceptors (Lipinski definition) is 3. The number of allylic oxidation sites excluding steroid dienone is 2. The van der Waals surface area contributed by atoms with Gasteiger partial charge in [0.25, 0.3) is 0 Å². The van der Waals surface area contributed by atoms with Crippen molar-refractivity contribution in [2.75, 3.05) is 0 Å². The zero-order chi connectivity index (χ0) is 24.4. The summed E-state index contributed by atoms with van der Waals surface area (Å²) in [5.74, 6) is -0.565. The first-order chi connectivity index (χ1) is 14.8. The quantitative estimate of drug-likeness (QED) is 0.125. The molecule has 0 aromatic heterocycles. The Kier molecular flexibility index (Phi) is 11.4. The van der Waals surface area contributed by atoms with Crippen molar-refractivity contribution in [1.29, 1.82) is 0 Å². The molecule has 1 rings (SSSR count). The van der Waals surface area contributed by atoms with Crippen molar-refractivity contribution in [3.8, 4) is 0 Å². The standard InChI is InChI=1S/C27H46O4Si/c1-8-9-14-20-27(5,31-32(6,7)26(2,3)4)21-19-22-17-18-24(28)23(22)15-12-10-11-13-16-25(29)30/h10,13,17,23H,8-9,12,14-16,18-21H2,1-7H3,(H,29,30)/t11?,23-,27?/m1/s1. The van der Waals surface area contributed by atoms with E-state index in [2.05, 4.69) is 59.5 Å². The molecule has 0 aromatic carbocycles. The molecule has 0 saturated carbocycles. The highest BCUT2D eigenvalue weighted by Gasteiger charge is 2.43. The van der Waals surface area contributed by atoms with Crippen molar-refractivity contribution in [3.05, 3.63) is 29.5 Å². The van der Waals surface area contributed by atoms with E-state index >= 15 is 0 Å². The van der Waals surface area contributed by atoms with E-state index in [-0.39, 0.29) is 23.0 Å². The van der Waals surface area contributed by atoms with Crippen molar-refractivity contribution < 1.29 is 19.1 Å². The molecule has 0 aliphatic heterocycles. The number of carbonyl (C=O) groups is 2. The molecule has 2 atom stereocenters. The molecular formula is C27H46O4Si. The van der Waals surface area contributed by atoms with Crippen molar-refractivity contribution in [1.82, 2.24) is 0 Å². The van der Waals surface area contributed by atoms with E-state index < -0.39 is 14.3 Å². The Morgan fingerprint density at radius 3 is 2.50 bits per heavy atom. The zero-order valence-corrected chi connectivity index (χ0v) is 22.6. The van der Waals surface area contributed by atoms with Gasteiger partial charge in [0.05, 0.1) is 12.0 Å². The van der Waals surface area contributed by atoms with Crippen LogP contribution >= 0.6 is 0 Å². The smallest absolute Gasteiger partial charge is 0.307 e. The summed E-state index contributed by atoms with van der Waals surface area (Å²) in [7, 11) is -1.89. The molecule has 0 bridgehead atoms.